The second-order valence-corrected chi connectivity index (χ2v) is 5.69. The Hall–Kier alpha value is -2.24. The summed E-state index contributed by atoms with van der Waals surface area (Å²) in [6.45, 7) is 1.61. The zero-order valence-electron chi connectivity index (χ0n) is 14.8. The van der Waals surface area contributed by atoms with E-state index in [9.17, 15) is 4.79 Å². The Bertz CT molecular complexity index is 660. The third-order valence-electron chi connectivity index (χ3n) is 3.48. The molecule has 6 heteroatoms. The van der Waals surface area contributed by atoms with Gasteiger partial charge in [0, 0.05) is 12.1 Å². The third kappa shape index (κ3) is 6.64. The molecule has 0 heterocycles. The van der Waals surface area contributed by atoms with Crippen LogP contribution in [0, 0.1) is 0 Å². The molecular formula is C19H25ClN2O3. The minimum Gasteiger partial charge on any atom is -0.493 e. The molecule has 1 N–H and O–H groups in total. The van der Waals surface area contributed by atoms with E-state index in [0.29, 0.717) is 29.4 Å². The Kier molecular flexibility index (Phi) is 8.81. The van der Waals surface area contributed by atoms with Gasteiger partial charge in [-0.05, 0) is 63.5 Å². The van der Waals surface area contributed by atoms with Gasteiger partial charge in [0.1, 0.15) is 5.75 Å². The van der Waals surface area contributed by atoms with Crippen molar-refractivity contribution < 1.29 is 14.3 Å². The average Bonchev–Trinajstić information content (AvgIpc) is 2.59. The number of ether oxygens (including phenoxy) is 2. The predicted molar refractivity (Wildman–Crippen MR) is 102 cm³/mol. The number of carbonyl (C=O) groups excluding carboxylic acids is 1. The van der Waals surface area contributed by atoms with Gasteiger partial charge in [-0.25, -0.2) is 0 Å². The Morgan fingerprint density at radius 1 is 1.04 bits per heavy atom. The van der Waals surface area contributed by atoms with E-state index in [1.54, 1.807) is 31.4 Å². The second kappa shape index (κ2) is 10.6. The van der Waals surface area contributed by atoms with Gasteiger partial charge in [0.05, 0.1) is 7.11 Å². The van der Waals surface area contributed by atoms with Gasteiger partial charge in [0.2, 0.25) is 0 Å². The summed E-state index contributed by atoms with van der Waals surface area (Å²) in [5, 5.41) is 2.92. The molecule has 0 aliphatic heterocycles. The van der Waals surface area contributed by atoms with Crippen LogP contribution in [0.3, 0.4) is 0 Å². The Balaban J connectivity index is 0.00000312. The molecule has 25 heavy (non-hydrogen) atoms. The third-order valence-corrected chi connectivity index (χ3v) is 3.48. The summed E-state index contributed by atoms with van der Waals surface area (Å²) in [5.74, 6) is 1.89. The van der Waals surface area contributed by atoms with Gasteiger partial charge in [0.25, 0.3) is 5.91 Å². The van der Waals surface area contributed by atoms with Gasteiger partial charge in [-0.1, -0.05) is 12.1 Å². The van der Waals surface area contributed by atoms with E-state index in [1.807, 2.05) is 38.4 Å². The van der Waals surface area contributed by atoms with Crippen LogP contribution in [0.2, 0.25) is 0 Å². The molecule has 0 aromatic heterocycles. The van der Waals surface area contributed by atoms with Crippen molar-refractivity contribution in [1.29, 1.82) is 0 Å². The van der Waals surface area contributed by atoms with Gasteiger partial charge < -0.3 is 19.7 Å². The summed E-state index contributed by atoms with van der Waals surface area (Å²) in [4.78, 5) is 14.2. The molecule has 0 spiro atoms. The zero-order chi connectivity index (χ0) is 17.4. The normalized spacial score (nSPS) is 10.1. The first-order valence-corrected chi connectivity index (χ1v) is 7.94. The molecule has 2 aromatic carbocycles. The van der Waals surface area contributed by atoms with Gasteiger partial charge in [-0.3, -0.25) is 4.79 Å². The molecular weight excluding hydrogens is 340 g/mol. The van der Waals surface area contributed by atoms with Crippen molar-refractivity contribution in [1.82, 2.24) is 10.2 Å². The fourth-order valence-electron chi connectivity index (χ4n) is 2.20. The maximum Gasteiger partial charge on any atom is 0.251 e. The smallest absolute Gasteiger partial charge is 0.251 e. The standard InChI is InChI=1S/C19H24N2O3.ClH/c1-21(2)14-6-13-20-19(22)15-9-11-16(12-10-15)24-18-8-5-4-7-17(18)23-3;/h4-5,7-12H,6,13-14H2,1-3H3,(H,20,22);1H. The molecule has 0 bridgehead atoms. The molecule has 2 aromatic rings. The second-order valence-electron chi connectivity index (χ2n) is 5.69. The van der Waals surface area contributed by atoms with Crippen LogP contribution in [-0.2, 0) is 0 Å². The number of hydrogen-bond donors (Lipinski definition) is 1. The van der Waals surface area contributed by atoms with E-state index in [2.05, 4.69) is 10.2 Å². The van der Waals surface area contributed by atoms with Crippen molar-refractivity contribution in [3.63, 3.8) is 0 Å². The minimum atomic E-state index is -0.0717. The summed E-state index contributed by atoms with van der Waals surface area (Å²) in [7, 11) is 5.64. The SMILES string of the molecule is COc1ccccc1Oc1ccc(C(=O)NCCCN(C)C)cc1.Cl. The van der Waals surface area contributed by atoms with Crippen LogP contribution in [0.4, 0.5) is 0 Å². The molecule has 1 amide bonds. The number of para-hydroxylation sites is 2. The fraction of sp³-hybridized carbons (Fsp3) is 0.316. The van der Waals surface area contributed by atoms with Crippen molar-refractivity contribution in [3.8, 4) is 17.2 Å². The number of amides is 1. The lowest BCUT2D eigenvalue weighted by Gasteiger charge is -2.11. The van der Waals surface area contributed by atoms with Crippen LogP contribution in [-0.4, -0.2) is 45.1 Å². The number of hydrogen-bond acceptors (Lipinski definition) is 4. The first kappa shape index (κ1) is 20.8. The molecule has 0 saturated carbocycles. The van der Waals surface area contributed by atoms with Gasteiger partial charge >= 0.3 is 0 Å². The summed E-state index contributed by atoms with van der Waals surface area (Å²) >= 11 is 0. The zero-order valence-corrected chi connectivity index (χ0v) is 15.6. The number of rotatable bonds is 8. The molecule has 0 radical (unpaired) electrons. The topological polar surface area (TPSA) is 50.8 Å². The molecule has 5 nitrogen and oxygen atoms in total. The number of methoxy groups -OCH3 is 1. The minimum absolute atomic E-state index is 0. The summed E-state index contributed by atoms with van der Waals surface area (Å²) < 4.78 is 11.1. The molecule has 0 atom stereocenters. The number of benzene rings is 2. The molecule has 136 valence electrons. The Labute approximate surface area is 155 Å². The predicted octanol–water partition coefficient (Wildman–Crippen LogP) is 3.59. The summed E-state index contributed by atoms with van der Waals surface area (Å²) in [5.41, 5.74) is 0.618. The average molecular weight is 365 g/mol. The number of halogens is 1. The van der Waals surface area contributed by atoms with E-state index < -0.39 is 0 Å². The molecule has 0 fully saturated rings. The van der Waals surface area contributed by atoms with Crippen molar-refractivity contribution in [3.05, 3.63) is 54.1 Å². The number of nitrogens with zero attached hydrogens (tertiary/aromatic N) is 1. The highest BCUT2D eigenvalue weighted by Crippen LogP contribution is 2.30. The van der Waals surface area contributed by atoms with Crippen LogP contribution in [0.25, 0.3) is 0 Å². The van der Waals surface area contributed by atoms with E-state index in [0.717, 1.165) is 13.0 Å². The van der Waals surface area contributed by atoms with E-state index in [-0.39, 0.29) is 18.3 Å². The van der Waals surface area contributed by atoms with E-state index >= 15 is 0 Å². The van der Waals surface area contributed by atoms with Crippen LogP contribution in [0.1, 0.15) is 16.8 Å². The monoisotopic (exact) mass is 364 g/mol. The molecule has 2 rings (SSSR count). The summed E-state index contributed by atoms with van der Waals surface area (Å²) in [6, 6.07) is 14.5. The maximum absolute atomic E-state index is 12.1. The number of nitrogens with one attached hydrogen (secondary N) is 1. The largest absolute Gasteiger partial charge is 0.493 e. The van der Waals surface area contributed by atoms with Crippen molar-refractivity contribution in [2.45, 2.75) is 6.42 Å². The van der Waals surface area contributed by atoms with Gasteiger partial charge in [-0.15, -0.1) is 12.4 Å². The van der Waals surface area contributed by atoms with Crippen LogP contribution in [0.5, 0.6) is 17.2 Å². The molecule has 0 unspecified atom stereocenters. The maximum atomic E-state index is 12.1. The highest BCUT2D eigenvalue weighted by Gasteiger charge is 2.07. The molecule has 0 aliphatic rings. The lowest BCUT2D eigenvalue weighted by atomic mass is 10.2. The van der Waals surface area contributed by atoms with Crippen LogP contribution in [0.15, 0.2) is 48.5 Å². The highest BCUT2D eigenvalue weighted by atomic mass is 35.5. The first-order chi connectivity index (χ1) is 11.6. The highest BCUT2D eigenvalue weighted by molar-refractivity contribution is 5.94. The first-order valence-electron chi connectivity index (χ1n) is 7.94. The number of carbonyl (C=O) groups is 1. The van der Waals surface area contributed by atoms with Crippen molar-refractivity contribution >= 4 is 18.3 Å². The van der Waals surface area contributed by atoms with E-state index in [1.165, 1.54) is 0 Å². The van der Waals surface area contributed by atoms with E-state index in [4.69, 9.17) is 9.47 Å². The Morgan fingerprint density at radius 2 is 1.68 bits per heavy atom. The van der Waals surface area contributed by atoms with Gasteiger partial charge in [-0.2, -0.15) is 0 Å². The Morgan fingerprint density at radius 3 is 2.28 bits per heavy atom. The fourth-order valence-corrected chi connectivity index (χ4v) is 2.20. The lowest BCUT2D eigenvalue weighted by molar-refractivity contribution is 0.0952. The molecule has 0 aliphatic carbocycles. The molecule has 0 saturated heterocycles. The van der Waals surface area contributed by atoms with Crippen LogP contribution >= 0.6 is 12.4 Å². The quantitative estimate of drug-likeness (QED) is 0.727. The van der Waals surface area contributed by atoms with Crippen LogP contribution < -0.4 is 14.8 Å². The van der Waals surface area contributed by atoms with Gasteiger partial charge in [0.15, 0.2) is 11.5 Å². The lowest BCUT2D eigenvalue weighted by Crippen LogP contribution is -2.27. The van der Waals surface area contributed by atoms with Crippen molar-refractivity contribution in [2.24, 2.45) is 0 Å². The van der Waals surface area contributed by atoms with Crippen molar-refractivity contribution in [2.75, 3.05) is 34.3 Å². The summed E-state index contributed by atoms with van der Waals surface area (Å²) in [6.07, 6.45) is 0.924.